The van der Waals surface area contributed by atoms with Crippen LogP contribution in [0, 0.1) is 0 Å². The minimum atomic E-state index is -0.776. The van der Waals surface area contributed by atoms with Crippen molar-refractivity contribution in [2.45, 2.75) is 12.5 Å². The van der Waals surface area contributed by atoms with Crippen molar-refractivity contribution in [3.8, 4) is 11.5 Å². The molecule has 0 aromatic heterocycles. The van der Waals surface area contributed by atoms with Crippen LogP contribution in [-0.4, -0.2) is 63.1 Å². The van der Waals surface area contributed by atoms with Crippen LogP contribution in [0.1, 0.15) is 23.6 Å². The van der Waals surface area contributed by atoms with Crippen molar-refractivity contribution >= 4 is 17.4 Å². The number of hydrogen-bond acceptors (Lipinski definition) is 5. The molecule has 2 N–H and O–H groups in total. The van der Waals surface area contributed by atoms with E-state index in [1.54, 1.807) is 49.6 Å². The molecule has 0 unspecified atom stereocenters. The minimum Gasteiger partial charge on any atom is -0.507 e. The molecular formula is C24H29N2O5+. The lowest BCUT2D eigenvalue weighted by Gasteiger charge is -2.27. The zero-order chi connectivity index (χ0) is 22.5. The Labute approximate surface area is 182 Å². The second kappa shape index (κ2) is 9.66. The number of ketones is 1. The van der Waals surface area contributed by atoms with Crippen LogP contribution in [-0.2, 0) is 9.59 Å². The number of rotatable bonds is 8. The smallest absolute Gasteiger partial charge is 0.295 e. The third kappa shape index (κ3) is 4.56. The number of carbonyl (C=O) groups is 2. The Morgan fingerprint density at radius 1 is 1.06 bits per heavy atom. The Balaban J connectivity index is 2.18. The highest BCUT2D eigenvalue weighted by molar-refractivity contribution is 6.46. The fourth-order valence-electron chi connectivity index (χ4n) is 3.84. The van der Waals surface area contributed by atoms with Gasteiger partial charge in [0.15, 0.2) is 0 Å². The summed E-state index contributed by atoms with van der Waals surface area (Å²) < 4.78 is 10.9. The topological polar surface area (TPSA) is 80.5 Å². The molecule has 7 heteroatoms. The van der Waals surface area contributed by atoms with E-state index in [2.05, 4.69) is 0 Å². The first-order valence-corrected chi connectivity index (χ1v) is 10.2. The molecule has 1 heterocycles. The van der Waals surface area contributed by atoms with Gasteiger partial charge in [0.05, 0.1) is 46.5 Å². The van der Waals surface area contributed by atoms with Gasteiger partial charge in [-0.05, 0) is 18.2 Å². The fraction of sp³-hybridized carbons (Fsp3) is 0.333. The summed E-state index contributed by atoms with van der Waals surface area (Å²) in [5.41, 5.74) is 1.13. The molecule has 1 aliphatic heterocycles. The van der Waals surface area contributed by atoms with Crippen molar-refractivity contribution in [1.82, 2.24) is 4.90 Å². The van der Waals surface area contributed by atoms with Gasteiger partial charge < -0.3 is 24.4 Å². The van der Waals surface area contributed by atoms with Crippen LogP contribution in [0.2, 0.25) is 0 Å². The predicted molar refractivity (Wildman–Crippen MR) is 117 cm³/mol. The summed E-state index contributed by atoms with van der Waals surface area (Å²) in [7, 11) is 7.15. The number of nitrogens with zero attached hydrogens (tertiary/aromatic N) is 1. The van der Waals surface area contributed by atoms with Gasteiger partial charge in [0.25, 0.3) is 11.7 Å². The lowest BCUT2D eigenvalue weighted by Crippen LogP contribution is -3.05. The van der Waals surface area contributed by atoms with E-state index in [4.69, 9.17) is 9.47 Å². The van der Waals surface area contributed by atoms with Crippen molar-refractivity contribution in [1.29, 1.82) is 0 Å². The maximum Gasteiger partial charge on any atom is 0.295 e. The molecular weight excluding hydrogens is 396 g/mol. The first-order chi connectivity index (χ1) is 14.9. The number of nitrogens with one attached hydrogen (secondary N) is 1. The summed E-state index contributed by atoms with van der Waals surface area (Å²) in [6, 6.07) is 13.2. The number of benzene rings is 2. The number of ether oxygens (including phenoxy) is 2. The number of methoxy groups -OCH3 is 2. The number of quaternary nitrogens is 1. The fourth-order valence-corrected chi connectivity index (χ4v) is 3.84. The second-order valence-electron chi connectivity index (χ2n) is 7.78. The molecule has 1 atom stereocenters. The SMILES string of the molecule is COc1ccc(OC)c([C@H]2C(=C(O)c3ccccc3)C(=O)C(=O)N2CCC[NH+](C)C)c1. The van der Waals surface area contributed by atoms with Gasteiger partial charge in [-0.3, -0.25) is 9.59 Å². The number of carbonyl (C=O) groups excluding carboxylic acids is 2. The van der Waals surface area contributed by atoms with Crippen LogP contribution < -0.4 is 14.4 Å². The summed E-state index contributed by atoms with van der Waals surface area (Å²) in [6.07, 6.45) is 0.712. The van der Waals surface area contributed by atoms with E-state index >= 15 is 0 Å². The molecule has 2 aromatic carbocycles. The highest BCUT2D eigenvalue weighted by Gasteiger charge is 2.47. The maximum absolute atomic E-state index is 13.1. The Morgan fingerprint density at radius 2 is 1.77 bits per heavy atom. The number of aliphatic hydroxyl groups excluding tert-OH is 1. The molecule has 1 saturated heterocycles. The van der Waals surface area contributed by atoms with Crippen LogP contribution in [0.25, 0.3) is 5.76 Å². The van der Waals surface area contributed by atoms with Crippen LogP contribution in [0.3, 0.4) is 0 Å². The summed E-state index contributed by atoms with van der Waals surface area (Å²) >= 11 is 0. The quantitative estimate of drug-likeness (QED) is 0.382. The average molecular weight is 426 g/mol. The molecule has 0 bridgehead atoms. The Hall–Kier alpha value is -3.32. The number of Topliss-reactive ketones (excluding diaryl/α,β-unsaturated/α-hetero) is 1. The van der Waals surface area contributed by atoms with E-state index in [0.717, 1.165) is 6.54 Å². The van der Waals surface area contributed by atoms with Gasteiger partial charge in [-0.2, -0.15) is 0 Å². The van der Waals surface area contributed by atoms with E-state index in [1.807, 2.05) is 20.2 Å². The van der Waals surface area contributed by atoms with Crippen LogP contribution in [0.4, 0.5) is 0 Å². The molecule has 7 nitrogen and oxygen atoms in total. The highest BCUT2D eigenvalue weighted by atomic mass is 16.5. The molecule has 0 saturated carbocycles. The lowest BCUT2D eigenvalue weighted by molar-refractivity contribution is -0.858. The van der Waals surface area contributed by atoms with Crippen molar-refractivity contribution in [2.24, 2.45) is 0 Å². The van der Waals surface area contributed by atoms with E-state index < -0.39 is 17.7 Å². The Bertz CT molecular complexity index is 985. The van der Waals surface area contributed by atoms with Crippen LogP contribution in [0.15, 0.2) is 54.1 Å². The van der Waals surface area contributed by atoms with Gasteiger partial charge in [0, 0.05) is 24.1 Å². The largest absolute Gasteiger partial charge is 0.507 e. The monoisotopic (exact) mass is 425 g/mol. The molecule has 1 amide bonds. The molecule has 1 aliphatic rings. The van der Waals surface area contributed by atoms with E-state index in [1.165, 1.54) is 16.9 Å². The van der Waals surface area contributed by atoms with Crippen molar-refractivity contribution < 1.29 is 29.1 Å². The van der Waals surface area contributed by atoms with Gasteiger partial charge in [0.2, 0.25) is 0 Å². The van der Waals surface area contributed by atoms with Crippen molar-refractivity contribution in [3.05, 3.63) is 65.2 Å². The molecule has 0 aliphatic carbocycles. The van der Waals surface area contributed by atoms with Gasteiger partial charge in [-0.15, -0.1) is 0 Å². The third-order valence-corrected chi connectivity index (χ3v) is 5.39. The van der Waals surface area contributed by atoms with Gasteiger partial charge in [-0.1, -0.05) is 30.3 Å². The second-order valence-corrected chi connectivity index (χ2v) is 7.78. The normalized spacial score (nSPS) is 18.0. The summed E-state index contributed by atoms with van der Waals surface area (Å²) in [4.78, 5) is 28.9. The molecule has 2 aromatic rings. The molecule has 3 rings (SSSR count). The average Bonchev–Trinajstić information content (AvgIpc) is 3.03. The van der Waals surface area contributed by atoms with Crippen molar-refractivity contribution in [3.63, 3.8) is 0 Å². The lowest BCUT2D eigenvalue weighted by atomic mass is 9.94. The minimum absolute atomic E-state index is 0.0555. The number of aliphatic hydroxyl groups is 1. The van der Waals surface area contributed by atoms with E-state index in [0.29, 0.717) is 35.6 Å². The number of amides is 1. The third-order valence-electron chi connectivity index (χ3n) is 5.39. The standard InChI is InChI=1S/C24H28N2O5/c1-25(2)13-8-14-26-21(18-15-17(30-3)11-12-19(18)31-4)20(23(28)24(26)29)22(27)16-9-6-5-7-10-16/h5-7,9-12,15,21,27H,8,13-14H2,1-4H3/p+1/t21-/m0/s1. The zero-order valence-electron chi connectivity index (χ0n) is 18.3. The molecule has 31 heavy (non-hydrogen) atoms. The molecule has 0 spiro atoms. The molecule has 0 radical (unpaired) electrons. The first-order valence-electron chi connectivity index (χ1n) is 10.2. The number of likely N-dealkylation sites (tertiary alicyclic amines) is 1. The van der Waals surface area contributed by atoms with Gasteiger partial charge in [-0.25, -0.2) is 0 Å². The Kier molecular flexibility index (Phi) is 6.97. The maximum atomic E-state index is 13.1. The molecule has 1 fully saturated rings. The number of hydrogen-bond donors (Lipinski definition) is 2. The molecule has 164 valence electrons. The van der Waals surface area contributed by atoms with Gasteiger partial charge >= 0.3 is 0 Å². The van der Waals surface area contributed by atoms with Crippen LogP contribution >= 0.6 is 0 Å². The summed E-state index contributed by atoms with van der Waals surface area (Å²) in [6.45, 7) is 1.22. The predicted octanol–water partition coefficient (Wildman–Crippen LogP) is 1.66. The van der Waals surface area contributed by atoms with E-state index in [9.17, 15) is 14.7 Å². The zero-order valence-corrected chi connectivity index (χ0v) is 18.3. The summed E-state index contributed by atoms with van der Waals surface area (Å²) in [5.74, 6) is -0.446. The van der Waals surface area contributed by atoms with Crippen LogP contribution in [0.5, 0.6) is 11.5 Å². The van der Waals surface area contributed by atoms with E-state index in [-0.39, 0.29) is 11.3 Å². The Morgan fingerprint density at radius 3 is 2.39 bits per heavy atom. The highest BCUT2D eigenvalue weighted by Crippen LogP contribution is 2.43. The first kappa shape index (κ1) is 22.4. The summed E-state index contributed by atoms with van der Waals surface area (Å²) in [5, 5.41) is 11.1. The van der Waals surface area contributed by atoms with Gasteiger partial charge in [0.1, 0.15) is 17.3 Å². The van der Waals surface area contributed by atoms with Crippen molar-refractivity contribution in [2.75, 3.05) is 41.4 Å².